The van der Waals surface area contributed by atoms with Crippen LogP contribution in [0.5, 0.6) is 0 Å². The van der Waals surface area contributed by atoms with Gasteiger partial charge in [0.15, 0.2) is 0 Å². The van der Waals surface area contributed by atoms with E-state index in [9.17, 15) is 9.59 Å². The fourth-order valence-electron chi connectivity index (χ4n) is 1.90. The molecule has 0 aliphatic heterocycles. The Morgan fingerprint density at radius 3 is 2.75 bits per heavy atom. The van der Waals surface area contributed by atoms with Gasteiger partial charge in [-0.05, 0) is 18.2 Å². The van der Waals surface area contributed by atoms with Gasteiger partial charge in [0.25, 0.3) is 5.56 Å². The van der Waals surface area contributed by atoms with Crippen LogP contribution >= 0.6 is 0 Å². The van der Waals surface area contributed by atoms with Gasteiger partial charge in [-0.15, -0.1) is 0 Å². The number of hydrogen-bond acceptors (Lipinski definition) is 4. The van der Waals surface area contributed by atoms with Crippen LogP contribution in [0.4, 0.5) is 5.69 Å². The molecule has 2 aromatic rings. The number of rotatable bonds is 3. The number of nitrogens with zero attached hydrogens (tertiary/aromatic N) is 3. The van der Waals surface area contributed by atoms with Crippen LogP contribution in [0.3, 0.4) is 0 Å². The minimum atomic E-state index is -0.356. The minimum absolute atomic E-state index is 0.287. The van der Waals surface area contributed by atoms with Gasteiger partial charge >= 0.3 is 5.69 Å². The Bertz CT molecular complexity index is 796. The predicted octanol–water partition coefficient (Wildman–Crippen LogP) is 0.568. The summed E-state index contributed by atoms with van der Waals surface area (Å²) in [6.07, 6.45) is 1.52. The van der Waals surface area contributed by atoms with Gasteiger partial charge in [-0.1, -0.05) is 6.07 Å². The highest BCUT2D eigenvalue weighted by molar-refractivity contribution is 5.49. The topological polar surface area (TPSA) is 79.8 Å². The Kier molecular flexibility index (Phi) is 3.71. The van der Waals surface area contributed by atoms with Gasteiger partial charge in [0.2, 0.25) is 0 Å². The average molecular weight is 270 g/mol. The molecule has 1 aromatic carbocycles. The van der Waals surface area contributed by atoms with Crippen molar-refractivity contribution in [3.05, 3.63) is 62.4 Å². The maximum atomic E-state index is 11.9. The summed E-state index contributed by atoms with van der Waals surface area (Å²) in [6.45, 7) is 0.287. The molecule has 0 amide bonds. The van der Waals surface area contributed by atoms with E-state index in [1.54, 1.807) is 25.2 Å². The van der Waals surface area contributed by atoms with Gasteiger partial charge in [-0.3, -0.25) is 9.36 Å². The summed E-state index contributed by atoms with van der Waals surface area (Å²) >= 11 is 0. The van der Waals surface area contributed by atoms with Crippen molar-refractivity contribution in [2.45, 2.75) is 6.54 Å². The van der Waals surface area contributed by atoms with E-state index in [1.165, 1.54) is 17.8 Å². The van der Waals surface area contributed by atoms with Crippen LogP contribution in [-0.2, 0) is 20.6 Å². The Labute approximate surface area is 115 Å². The molecule has 0 aliphatic carbocycles. The van der Waals surface area contributed by atoms with Crippen LogP contribution in [0, 0.1) is 11.3 Å². The molecule has 0 bridgehead atoms. The number of nitrogens with one attached hydrogen (secondary N) is 1. The molecule has 20 heavy (non-hydrogen) atoms. The highest BCUT2D eigenvalue weighted by atomic mass is 16.2. The van der Waals surface area contributed by atoms with Crippen molar-refractivity contribution >= 4 is 5.69 Å². The van der Waals surface area contributed by atoms with Gasteiger partial charge in [0, 0.05) is 32.5 Å². The third-order valence-corrected chi connectivity index (χ3v) is 2.99. The Morgan fingerprint density at radius 1 is 1.30 bits per heavy atom. The maximum absolute atomic E-state index is 11.9. The van der Waals surface area contributed by atoms with E-state index in [0.717, 1.165) is 10.3 Å². The molecule has 0 saturated carbocycles. The van der Waals surface area contributed by atoms with Crippen LogP contribution in [0.1, 0.15) is 11.1 Å². The van der Waals surface area contributed by atoms with Gasteiger partial charge < -0.3 is 9.88 Å². The quantitative estimate of drug-likeness (QED) is 0.884. The lowest BCUT2D eigenvalue weighted by atomic mass is 10.2. The first-order valence-electron chi connectivity index (χ1n) is 6.02. The highest BCUT2D eigenvalue weighted by Crippen LogP contribution is 2.10. The summed E-state index contributed by atoms with van der Waals surface area (Å²) < 4.78 is 2.44. The molecular formula is C14H14N4O2. The van der Waals surface area contributed by atoms with E-state index in [1.807, 2.05) is 6.07 Å². The van der Waals surface area contributed by atoms with E-state index < -0.39 is 0 Å². The summed E-state index contributed by atoms with van der Waals surface area (Å²) in [5.74, 6) is 0. The molecule has 0 aliphatic rings. The molecule has 0 atom stereocenters. The van der Waals surface area contributed by atoms with Gasteiger partial charge in [-0.25, -0.2) is 4.79 Å². The molecule has 6 heteroatoms. The molecule has 6 nitrogen and oxygen atoms in total. The number of aromatic nitrogens is 2. The Morgan fingerprint density at radius 2 is 2.05 bits per heavy atom. The molecular weight excluding hydrogens is 256 g/mol. The van der Waals surface area contributed by atoms with Crippen molar-refractivity contribution in [2.24, 2.45) is 14.1 Å². The van der Waals surface area contributed by atoms with E-state index in [4.69, 9.17) is 5.26 Å². The zero-order valence-electron chi connectivity index (χ0n) is 11.3. The minimum Gasteiger partial charge on any atom is -0.381 e. The third-order valence-electron chi connectivity index (χ3n) is 2.99. The number of anilines is 1. The van der Waals surface area contributed by atoms with Gasteiger partial charge in [0.1, 0.15) is 0 Å². The van der Waals surface area contributed by atoms with Crippen molar-refractivity contribution in [2.75, 3.05) is 5.32 Å². The standard InChI is InChI=1S/C14H14N4O2/c1-17-9-11(13(19)18(2)14(17)20)8-16-12-5-3-4-10(6-12)7-15/h3-6,9,16H,8H2,1-2H3. The largest absolute Gasteiger partial charge is 0.381 e. The average Bonchev–Trinajstić information content (AvgIpc) is 2.47. The molecule has 1 N–H and O–H groups in total. The van der Waals surface area contributed by atoms with Crippen molar-refractivity contribution in [1.29, 1.82) is 5.26 Å². The summed E-state index contributed by atoms with van der Waals surface area (Å²) in [5, 5.41) is 11.9. The normalized spacial score (nSPS) is 10.1. The summed E-state index contributed by atoms with van der Waals surface area (Å²) in [5.41, 5.74) is 1.10. The first-order valence-corrected chi connectivity index (χ1v) is 6.02. The second-order valence-corrected chi connectivity index (χ2v) is 4.46. The number of benzene rings is 1. The maximum Gasteiger partial charge on any atom is 0.330 e. The van der Waals surface area contributed by atoms with Crippen LogP contribution in [0.2, 0.25) is 0 Å². The second kappa shape index (κ2) is 5.45. The van der Waals surface area contributed by atoms with E-state index in [-0.39, 0.29) is 17.8 Å². The first kappa shape index (κ1) is 13.6. The van der Waals surface area contributed by atoms with Crippen molar-refractivity contribution in [1.82, 2.24) is 9.13 Å². The van der Waals surface area contributed by atoms with Gasteiger partial charge in [0.05, 0.1) is 17.2 Å². The highest BCUT2D eigenvalue weighted by Gasteiger charge is 2.06. The molecule has 0 fully saturated rings. The molecule has 2 rings (SSSR count). The third kappa shape index (κ3) is 2.62. The lowest BCUT2D eigenvalue weighted by Crippen LogP contribution is -2.38. The first-order chi connectivity index (χ1) is 9.52. The van der Waals surface area contributed by atoms with Crippen LogP contribution in [-0.4, -0.2) is 9.13 Å². The molecule has 0 saturated heterocycles. The van der Waals surface area contributed by atoms with Crippen LogP contribution in [0.25, 0.3) is 0 Å². The van der Waals surface area contributed by atoms with Crippen molar-refractivity contribution in [3.8, 4) is 6.07 Å². The van der Waals surface area contributed by atoms with E-state index in [0.29, 0.717) is 11.1 Å². The molecule has 1 heterocycles. The molecule has 0 unspecified atom stereocenters. The lowest BCUT2D eigenvalue weighted by Gasteiger charge is -2.09. The second-order valence-electron chi connectivity index (χ2n) is 4.46. The van der Waals surface area contributed by atoms with E-state index >= 15 is 0 Å². The zero-order valence-corrected chi connectivity index (χ0v) is 11.3. The molecule has 0 spiro atoms. The molecule has 0 radical (unpaired) electrons. The summed E-state index contributed by atoms with van der Waals surface area (Å²) in [6, 6.07) is 9.03. The molecule has 102 valence electrons. The van der Waals surface area contributed by atoms with Crippen LogP contribution in [0.15, 0.2) is 40.1 Å². The van der Waals surface area contributed by atoms with E-state index in [2.05, 4.69) is 11.4 Å². The monoisotopic (exact) mass is 270 g/mol. The lowest BCUT2D eigenvalue weighted by molar-refractivity contribution is 0.671. The Balaban J connectivity index is 2.26. The number of hydrogen-bond donors (Lipinski definition) is 1. The zero-order chi connectivity index (χ0) is 14.7. The summed E-state index contributed by atoms with van der Waals surface area (Å²) in [7, 11) is 3.05. The number of aryl methyl sites for hydroxylation is 1. The summed E-state index contributed by atoms with van der Waals surface area (Å²) in [4.78, 5) is 23.5. The fraction of sp³-hybridized carbons (Fsp3) is 0.214. The Hall–Kier alpha value is -2.81. The van der Waals surface area contributed by atoms with Gasteiger partial charge in [-0.2, -0.15) is 5.26 Å². The van der Waals surface area contributed by atoms with Crippen LogP contribution < -0.4 is 16.6 Å². The smallest absolute Gasteiger partial charge is 0.330 e. The van der Waals surface area contributed by atoms with Crippen molar-refractivity contribution in [3.63, 3.8) is 0 Å². The molecule has 1 aromatic heterocycles. The fourth-order valence-corrected chi connectivity index (χ4v) is 1.90. The SMILES string of the molecule is Cn1cc(CNc2cccc(C#N)c2)c(=O)n(C)c1=O. The van der Waals surface area contributed by atoms with Crippen molar-refractivity contribution < 1.29 is 0 Å². The predicted molar refractivity (Wildman–Crippen MR) is 75.4 cm³/mol. The number of nitriles is 1.